The van der Waals surface area contributed by atoms with Crippen LogP contribution in [0.3, 0.4) is 0 Å². The number of nitrogens with two attached hydrogens (primary N) is 1. The summed E-state index contributed by atoms with van der Waals surface area (Å²) in [4.78, 5) is 25.1. The minimum Gasteiger partial charge on any atom is -0.508 e. The lowest BCUT2D eigenvalue weighted by Gasteiger charge is -2.24. The number of para-hydroxylation sites is 2. The van der Waals surface area contributed by atoms with E-state index in [9.17, 15) is 14.7 Å². The van der Waals surface area contributed by atoms with Gasteiger partial charge in [-0.15, -0.1) is 0 Å². The highest BCUT2D eigenvalue weighted by Gasteiger charge is 2.25. The van der Waals surface area contributed by atoms with Crippen LogP contribution >= 0.6 is 15.9 Å². The van der Waals surface area contributed by atoms with Gasteiger partial charge in [0.1, 0.15) is 11.9 Å². The molecule has 0 spiro atoms. The summed E-state index contributed by atoms with van der Waals surface area (Å²) < 4.78 is 6.41. The van der Waals surface area contributed by atoms with Gasteiger partial charge in [0, 0.05) is 21.6 Å². The predicted molar refractivity (Wildman–Crippen MR) is 138 cm³/mol. The van der Waals surface area contributed by atoms with Gasteiger partial charge in [-0.1, -0.05) is 58.8 Å². The Bertz CT molecular complexity index is 1190. The van der Waals surface area contributed by atoms with Gasteiger partial charge in [0.2, 0.25) is 5.91 Å². The van der Waals surface area contributed by atoms with Crippen LogP contribution in [0.5, 0.6) is 5.75 Å². The molecule has 0 fully saturated rings. The molecular formula is C26H26BrN3O4. The third-order valence-corrected chi connectivity index (χ3v) is 5.57. The van der Waals surface area contributed by atoms with Gasteiger partial charge in [0.25, 0.3) is 0 Å². The molecule has 2 amide bonds. The van der Waals surface area contributed by atoms with Crippen LogP contribution in [0.1, 0.15) is 24.2 Å². The van der Waals surface area contributed by atoms with Crippen molar-refractivity contribution in [2.75, 3.05) is 16.4 Å². The normalized spacial score (nSPS) is 12.7. The number of anilines is 3. The zero-order chi connectivity index (χ0) is 24.7. The van der Waals surface area contributed by atoms with E-state index >= 15 is 0 Å². The third-order valence-electron chi connectivity index (χ3n) is 5.08. The van der Waals surface area contributed by atoms with Crippen LogP contribution < -0.4 is 16.4 Å². The van der Waals surface area contributed by atoms with Crippen molar-refractivity contribution >= 4 is 45.0 Å². The first kappa shape index (κ1) is 24.9. The maximum Gasteiger partial charge on any atom is 0.412 e. The molecule has 0 radical (unpaired) electrons. The van der Waals surface area contributed by atoms with Crippen LogP contribution in [-0.4, -0.2) is 17.1 Å². The van der Waals surface area contributed by atoms with E-state index in [1.807, 2.05) is 19.1 Å². The van der Waals surface area contributed by atoms with Crippen LogP contribution in [0, 0.1) is 12.8 Å². The summed E-state index contributed by atoms with van der Waals surface area (Å²) in [5.41, 5.74) is 8.86. The average molecular weight is 524 g/mol. The molecule has 0 unspecified atom stereocenters. The Hall–Kier alpha value is -3.78. The molecule has 8 heteroatoms. The Morgan fingerprint density at radius 2 is 1.76 bits per heavy atom. The van der Waals surface area contributed by atoms with Gasteiger partial charge in [-0.3, -0.25) is 10.1 Å². The van der Waals surface area contributed by atoms with Crippen molar-refractivity contribution < 1.29 is 19.4 Å². The summed E-state index contributed by atoms with van der Waals surface area (Å²) >= 11 is 3.39. The number of carbonyl (C=O) groups is 2. The van der Waals surface area contributed by atoms with Gasteiger partial charge in [-0.2, -0.15) is 0 Å². The summed E-state index contributed by atoms with van der Waals surface area (Å²) in [7, 11) is 0. The first-order valence-corrected chi connectivity index (χ1v) is 11.4. The van der Waals surface area contributed by atoms with Crippen LogP contribution in [0.15, 0.2) is 83.4 Å². The fourth-order valence-electron chi connectivity index (χ4n) is 3.23. The first-order valence-electron chi connectivity index (χ1n) is 10.6. The van der Waals surface area contributed by atoms with Crippen molar-refractivity contribution in [1.82, 2.24) is 0 Å². The summed E-state index contributed by atoms with van der Waals surface area (Å²) in [5, 5.41) is 15.8. The molecule has 3 aromatic carbocycles. The predicted octanol–water partition coefficient (Wildman–Crippen LogP) is 6.17. The zero-order valence-electron chi connectivity index (χ0n) is 18.8. The molecule has 0 bridgehead atoms. The highest BCUT2D eigenvalue weighted by atomic mass is 79.9. The largest absolute Gasteiger partial charge is 0.508 e. The lowest BCUT2D eigenvalue weighted by Crippen LogP contribution is -2.21. The number of aryl methyl sites for hydroxylation is 1. The Kier molecular flexibility index (Phi) is 8.32. The van der Waals surface area contributed by atoms with Gasteiger partial charge in [0.15, 0.2) is 0 Å². The number of aromatic hydroxyl groups is 1. The molecule has 0 aliphatic rings. The number of nitrogens with one attached hydrogen (secondary N) is 2. The minimum absolute atomic E-state index is 0.0295. The van der Waals surface area contributed by atoms with Crippen LogP contribution in [0.2, 0.25) is 0 Å². The van der Waals surface area contributed by atoms with Gasteiger partial charge in [-0.25, -0.2) is 4.79 Å². The number of phenols is 1. The van der Waals surface area contributed by atoms with Crippen molar-refractivity contribution in [1.29, 1.82) is 0 Å². The molecule has 0 aliphatic heterocycles. The Morgan fingerprint density at radius 1 is 1.06 bits per heavy atom. The second-order valence-corrected chi connectivity index (χ2v) is 8.73. The van der Waals surface area contributed by atoms with Crippen LogP contribution in [0.25, 0.3) is 0 Å². The molecule has 3 rings (SSSR count). The van der Waals surface area contributed by atoms with Crippen LogP contribution in [0.4, 0.5) is 21.9 Å². The van der Waals surface area contributed by atoms with E-state index in [1.165, 1.54) is 12.1 Å². The zero-order valence-corrected chi connectivity index (χ0v) is 20.4. The lowest BCUT2D eigenvalue weighted by molar-refractivity contribution is -0.111. The molecule has 7 nitrogen and oxygen atoms in total. The lowest BCUT2D eigenvalue weighted by atomic mass is 9.96. The van der Waals surface area contributed by atoms with E-state index in [2.05, 4.69) is 26.6 Å². The van der Waals surface area contributed by atoms with E-state index in [-0.39, 0.29) is 11.7 Å². The number of phenolic OH excluding ortho intramolecular Hbond substituents is 1. The quantitative estimate of drug-likeness (QED) is 0.218. The number of amides is 2. The number of carbonyl (C=O) groups excluding carboxylic acids is 2. The fourth-order valence-corrected chi connectivity index (χ4v) is 3.61. The Morgan fingerprint density at radius 3 is 2.47 bits per heavy atom. The molecule has 3 aromatic rings. The topological polar surface area (TPSA) is 114 Å². The summed E-state index contributed by atoms with van der Waals surface area (Å²) in [5.74, 6) is -0.869. The molecular weight excluding hydrogens is 498 g/mol. The average Bonchev–Trinajstić information content (AvgIpc) is 2.80. The monoisotopic (exact) mass is 523 g/mol. The molecule has 0 saturated heterocycles. The van der Waals surface area contributed by atoms with Gasteiger partial charge >= 0.3 is 6.09 Å². The van der Waals surface area contributed by atoms with Crippen LogP contribution in [-0.2, 0) is 9.53 Å². The first-order chi connectivity index (χ1) is 16.2. The summed E-state index contributed by atoms with van der Waals surface area (Å²) in [6.45, 7) is 3.73. The highest BCUT2D eigenvalue weighted by molar-refractivity contribution is 9.10. The number of ether oxygens (including phenoxy) is 1. The molecule has 176 valence electrons. The standard InChI is InChI=1S/C26H26BrN3O4/c1-16-7-11-19(12-8-16)29-26(33)34-25(20-15-18(27)10-13-23(20)31)17(2)9-14-24(32)30-22-6-4-3-5-21(22)28/h3-15,17,25,31H,28H2,1-2H3,(H,29,33)(H,30,32)/b14-9+/t17-,25+/m1/s1. The number of hydrogen-bond acceptors (Lipinski definition) is 5. The molecule has 0 heterocycles. The van der Waals surface area contributed by atoms with E-state index in [0.29, 0.717) is 27.1 Å². The van der Waals surface area contributed by atoms with Crippen molar-refractivity contribution in [3.05, 3.63) is 94.5 Å². The molecule has 0 aromatic heterocycles. The molecule has 0 saturated carbocycles. The maximum absolute atomic E-state index is 12.7. The second kappa shape index (κ2) is 11.4. The maximum atomic E-state index is 12.7. The minimum atomic E-state index is -0.867. The molecule has 34 heavy (non-hydrogen) atoms. The number of benzene rings is 3. The van der Waals surface area contributed by atoms with Gasteiger partial charge < -0.3 is 20.9 Å². The molecule has 2 atom stereocenters. The van der Waals surface area contributed by atoms with Gasteiger partial charge in [-0.05, 0) is 55.5 Å². The van der Waals surface area contributed by atoms with E-state index in [1.54, 1.807) is 61.5 Å². The van der Waals surface area contributed by atoms with Crippen molar-refractivity contribution in [3.63, 3.8) is 0 Å². The molecule has 0 aliphatic carbocycles. The Balaban J connectivity index is 1.78. The van der Waals surface area contributed by atoms with Gasteiger partial charge in [0.05, 0.1) is 11.4 Å². The number of halogens is 1. The van der Waals surface area contributed by atoms with E-state index in [4.69, 9.17) is 10.5 Å². The van der Waals surface area contributed by atoms with Crippen molar-refractivity contribution in [2.45, 2.75) is 20.0 Å². The number of hydrogen-bond donors (Lipinski definition) is 4. The fraction of sp³-hybridized carbons (Fsp3) is 0.154. The number of nitrogen functional groups attached to an aromatic ring is 1. The van der Waals surface area contributed by atoms with E-state index < -0.39 is 18.1 Å². The number of rotatable bonds is 7. The SMILES string of the molecule is Cc1ccc(NC(=O)O[C@H](c2cc(Br)ccc2O)[C@H](C)/C=C/C(=O)Nc2ccccc2N)cc1. The highest BCUT2D eigenvalue weighted by Crippen LogP contribution is 2.35. The van der Waals surface area contributed by atoms with Crippen molar-refractivity contribution in [3.8, 4) is 5.75 Å². The summed E-state index contributed by atoms with van der Waals surface area (Å²) in [6, 6.07) is 19.1. The third kappa shape index (κ3) is 6.86. The molecule has 5 N–H and O–H groups in total. The van der Waals surface area contributed by atoms with E-state index in [0.717, 1.165) is 5.56 Å². The summed E-state index contributed by atoms with van der Waals surface area (Å²) in [6.07, 6.45) is 1.41. The second-order valence-electron chi connectivity index (χ2n) is 7.81. The van der Waals surface area contributed by atoms with Crippen molar-refractivity contribution in [2.24, 2.45) is 5.92 Å². The Labute approximate surface area is 206 Å². The smallest absolute Gasteiger partial charge is 0.412 e.